The molecule has 11 nitrogen and oxygen atoms in total. The van der Waals surface area contributed by atoms with Crippen LogP contribution in [-0.2, 0) is 28.3 Å². The average molecular weight is 658 g/mol. The van der Waals surface area contributed by atoms with Gasteiger partial charge in [0.2, 0.25) is 10.0 Å². The van der Waals surface area contributed by atoms with Crippen molar-refractivity contribution >= 4 is 55.7 Å². The highest BCUT2D eigenvalue weighted by Crippen LogP contribution is 2.40. The molecule has 4 rings (SSSR count). The molecule has 3 aromatic rings. The summed E-state index contributed by atoms with van der Waals surface area (Å²) in [5, 5.41) is 11.8. The average Bonchev–Trinajstić information content (AvgIpc) is 3.30. The lowest BCUT2D eigenvalue weighted by atomic mass is 10.1. The summed E-state index contributed by atoms with van der Waals surface area (Å²) in [4.78, 5) is 31.1. The summed E-state index contributed by atoms with van der Waals surface area (Å²) in [7, 11) is -2.13. The van der Waals surface area contributed by atoms with Gasteiger partial charge in [0, 0.05) is 28.8 Å². The zero-order valence-corrected chi connectivity index (χ0v) is 23.3. The van der Waals surface area contributed by atoms with Crippen molar-refractivity contribution in [3.63, 3.8) is 0 Å². The maximum Gasteiger partial charge on any atom is 0.282 e. The van der Waals surface area contributed by atoms with Crippen LogP contribution in [0.25, 0.3) is 0 Å². The van der Waals surface area contributed by atoms with Crippen molar-refractivity contribution in [2.24, 2.45) is 7.05 Å². The SMILES string of the molecule is Cn1c(Nc2ccc(I)cc2F)c(C(=O)NOCCO)c(Oc2cccc3c2CCN3S(C)(=O)=O)cc1=O. The summed E-state index contributed by atoms with van der Waals surface area (Å²) in [6.45, 7) is -0.342. The quantitative estimate of drug-likeness (QED) is 0.181. The van der Waals surface area contributed by atoms with Gasteiger partial charge in [-0.25, -0.2) is 18.3 Å². The number of hydroxylamine groups is 1. The fraction of sp³-hybridized carbons (Fsp3) is 0.250. The number of pyridine rings is 1. The number of nitrogens with one attached hydrogen (secondary N) is 2. The van der Waals surface area contributed by atoms with E-state index in [0.29, 0.717) is 21.2 Å². The molecule has 3 N–H and O–H groups in total. The van der Waals surface area contributed by atoms with Crippen molar-refractivity contribution < 1.29 is 32.3 Å². The highest BCUT2D eigenvalue weighted by molar-refractivity contribution is 14.1. The predicted molar refractivity (Wildman–Crippen MR) is 147 cm³/mol. The summed E-state index contributed by atoms with van der Waals surface area (Å²) >= 11 is 1.95. The molecular weight excluding hydrogens is 634 g/mol. The highest BCUT2D eigenvalue weighted by atomic mass is 127. The van der Waals surface area contributed by atoms with Crippen molar-refractivity contribution in [2.75, 3.05) is 35.6 Å². The number of nitrogens with zero attached hydrogens (tertiary/aromatic N) is 2. The Hall–Kier alpha value is -3.21. The number of hydrogen-bond donors (Lipinski definition) is 3. The number of anilines is 3. The van der Waals surface area contributed by atoms with Crippen molar-refractivity contribution in [2.45, 2.75) is 6.42 Å². The molecule has 0 atom stereocenters. The van der Waals surface area contributed by atoms with Crippen LogP contribution in [0.1, 0.15) is 15.9 Å². The smallest absolute Gasteiger partial charge is 0.282 e. The number of ether oxygens (including phenoxy) is 1. The molecule has 0 spiro atoms. The maximum absolute atomic E-state index is 14.7. The van der Waals surface area contributed by atoms with Crippen molar-refractivity contribution in [1.82, 2.24) is 10.0 Å². The maximum atomic E-state index is 14.7. The molecule has 0 saturated carbocycles. The van der Waals surface area contributed by atoms with Gasteiger partial charge in [-0.3, -0.25) is 23.3 Å². The van der Waals surface area contributed by atoms with Gasteiger partial charge in [0.25, 0.3) is 11.5 Å². The van der Waals surface area contributed by atoms with Gasteiger partial charge < -0.3 is 15.2 Å². The lowest BCUT2D eigenvalue weighted by Crippen LogP contribution is -2.30. The zero-order valence-electron chi connectivity index (χ0n) is 20.3. The van der Waals surface area contributed by atoms with E-state index in [0.717, 1.165) is 16.9 Å². The van der Waals surface area contributed by atoms with Crippen LogP contribution in [-0.4, -0.2) is 50.0 Å². The monoisotopic (exact) mass is 658 g/mol. The minimum absolute atomic E-state index is 0.00675. The minimum Gasteiger partial charge on any atom is -0.456 e. The minimum atomic E-state index is -3.52. The summed E-state index contributed by atoms with van der Waals surface area (Å²) in [6.07, 6.45) is 1.45. The molecular formula is C24H24FIN4O7S. The van der Waals surface area contributed by atoms with Crippen molar-refractivity contribution in [3.8, 4) is 11.5 Å². The first kappa shape index (κ1) is 27.8. The molecule has 202 valence electrons. The lowest BCUT2D eigenvalue weighted by molar-refractivity contribution is 0.0167. The van der Waals surface area contributed by atoms with Gasteiger partial charge >= 0.3 is 0 Å². The van der Waals surface area contributed by atoms with Crippen LogP contribution in [0.3, 0.4) is 0 Å². The van der Waals surface area contributed by atoms with Gasteiger partial charge in [-0.05, 0) is 59.3 Å². The fourth-order valence-electron chi connectivity index (χ4n) is 3.99. The summed E-state index contributed by atoms with van der Waals surface area (Å²) < 4.78 is 48.2. The molecule has 0 unspecified atom stereocenters. The first-order valence-electron chi connectivity index (χ1n) is 11.3. The Bertz CT molecular complexity index is 1560. The van der Waals surface area contributed by atoms with E-state index in [1.165, 1.54) is 23.5 Å². The Morgan fingerprint density at radius 3 is 2.66 bits per heavy atom. The molecule has 2 heterocycles. The van der Waals surface area contributed by atoms with Crippen LogP contribution >= 0.6 is 22.6 Å². The van der Waals surface area contributed by atoms with Crippen molar-refractivity contribution in [1.29, 1.82) is 0 Å². The highest BCUT2D eigenvalue weighted by Gasteiger charge is 2.30. The van der Waals surface area contributed by atoms with E-state index < -0.39 is 27.3 Å². The summed E-state index contributed by atoms with van der Waals surface area (Å²) in [5.74, 6) is -1.44. The largest absolute Gasteiger partial charge is 0.456 e. The Labute approximate surface area is 231 Å². The van der Waals surface area contributed by atoms with E-state index in [9.17, 15) is 22.4 Å². The van der Waals surface area contributed by atoms with Gasteiger partial charge in [0.1, 0.15) is 28.7 Å². The fourth-order valence-corrected chi connectivity index (χ4v) is 5.39. The molecule has 2 aromatic carbocycles. The van der Waals surface area contributed by atoms with Crippen LogP contribution in [0.4, 0.5) is 21.6 Å². The number of sulfonamides is 1. The first-order valence-corrected chi connectivity index (χ1v) is 14.2. The zero-order chi connectivity index (χ0) is 27.6. The van der Waals surface area contributed by atoms with Crippen LogP contribution in [0.15, 0.2) is 47.3 Å². The Morgan fingerprint density at radius 1 is 1.21 bits per heavy atom. The van der Waals surface area contributed by atoms with E-state index in [2.05, 4.69) is 10.8 Å². The molecule has 1 aliphatic rings. The molecule has 1 aliphatic heterocycles. The topological polar surface area (TPSA) is 139 Å². The second kappa shape index (κ2) is 11.3. The van der Waals surface area contributed by atoms with Gasteiger partial charge in [-0.15, -0.1) is 0 Å². The molecule has 0 aliphatic carbocycles. The van der Waals surface area contributed by atoms with Crippen LogP contribution in [0.2, 0.25) is 0 Å². The van der Waals surface area contributed by atoms with Crippen LogP contribution in [0.5, 0.6) is 11.5 Å². The number of rotatable bonds is 9. The number of aromatic nitrogens is 1. The number of aliphatic hydroxyl groups excluding tert-OH is 1. The standard InChI is InChI=1S/C24H24FIN4O7S/c1-29-21(32)13-20(37-19-5-3-4-18-15(19)8-9-30(18)38(2,34)35)22(24(33)28-36-11-10-31)23(29)27-17-7-6-14(26)12-16(17)25/h3-7,12-13,27,31H,8-11H2,1-2H3,(H,28,33). The van der Waals surface area contributed by atoms with E-state index in [4.69, 9.17) is 14.7 Å². The third-order valence-electron chi connectivity index (χ3n) is 5.74. The Balaban J connectivity index is 1.84. The van der Waals surface area contributed by atoms with Gasteiger partial charge in [0.05, 0.1) is 30.8 Å². The third-order valence-corrected chi connectivity index (χ3v) is 7.59. The second-order valence-electron chi connectivity index (χ2n) is 8.32. The third kappa shape index (κ3) is 5.77. The molecule has 14 heteroatoms. The molecule has 0 saturated heterocycles. The van der Waals surface area contributed by atoms with E-state index in [1.807, 2.05) is 22.6 Å². The van der Waals surface area contributed by atoms with E-state index in [-0.39, 0.29) is 48.3 Å². The van der Waals surface area contributed by atoms with Crippen molar-refractivity contribution in [3.05, 3.63) is 73.3 Å². The predicted octanol–water partition coefficient (Wildman–Crippen LogP) is 2.64. The Morgan fingerprint density at radius 2 is 1.97 bits per heavy atom. The van der Waals surface area contributed by atoms with Gasteiger partial charge in [0.15, 0.2) is 0 Å². The number of hydrogen-bond acceptors (Lipinski definition) is 8. The number of carbonyl (C=O) groups is 1. The molecule has 0 radical (unpaired) electrons. The number of amides is 1. The lowest BCUT2D eigenvalue weighted by Gasteiger charge is -2.20. The number of halogens is 2. The van der Waals surface area contributed by atoms with Crippen LogP contribution in [0, 0.1) is 9.39 Å². The normalized spacial score (nSPS) is 12.8. The van der Waals surface area contributed by atoms with Gasteiger partial charge in [-0.1, -0.05) is 6.07 Å². The number of benzene rings is 2. The number of aliphatic hydroxyl groups is 1. The Kier molecular flexibility index (Phi) is 8.25. The number of fused-ring (bicyclic) bond motifs is 1. The molecule has 0 bridgehead atoms. The van der Waals surface area contributed by atoms with E-state index >= 15 is 0 Å². The molecule has 0 fully saturated rings. The second-order valence-corrected chi connectivity index (χ2v) is 11.5. The summed E-state index contributed by atoms with van der Waals surface area (Å²) in [6, 6.07) is 10.3. The van der Waals surface area contributed by atoms with E-state index in [1.54, 1.807) is 24.3 Å². The molecule has 1 aromatic heterocycles. The van der Waals surface area contributed by atoms with Gasteiger partial charge in [-0.2, -0.15) is 0 Å². The molecule has 38 heavy (non-hydrogen) atoms. The number of carbonyl (C=O) groups excluding carboxylic acids is 1. The molecule has 1 amide bonds. The summed E-state index contributed by atoms with van der Waals surface area (Å²) in [5.41, 5.74) is 2.47. The first-order chi connectivity index (χ1) is 18.0. The van der Waals surface area contributed by atoms with Crippen LogP contribution < -0.4 is 25.4 Å².